The smallest absolute Gasteiger partial charge is 0.414 e. The van der Waals surface area contributed by atoms with E-state index in [4.69, 9.17) is 4.74 Å². The van der Waals surface area contributed by atoms with E-state index in [2.05, 4.69) is 9.46 Å². The number of benzene rings is 2. The predicted molar refractivity (Wildman–Crippen MR) is 93.7 cm³/mol. The Morgan fingerprint density at radius 1 is 1.12 bits per heavy atom. The molecule has 0 aromatic heterocycles. The SMILES string of the molecule is COC(=O)c1ccc(NS(=O)(=O)c2ccc(N3CCOC3=O)cc2)cc1. The summed E-state index contributed by atoms with van der Waals surface area (Å²) in [6.45, 7) is 0.734. The van der Waals surface area contributed by atoms with Gasteiger partial charge in [0.15, 0.2) is 0 Å². The lowest BCUT2D eigenvalue weighted by Crippen LogP contribution is -2.23. The number of sulfonamides is 1. The minimum atomic E-state index is -3.81. The number of nitrogens with zero attached hydrogens (tertiary/aromatic N) is 1. The number of amides is 1. The second-order valence-corrected chi connectivity index (χ2v) is 7.12. The van der Waals surface area contributed by atoms with Gasteiger partial charge in [0.05, 0.1) is 24.1 Å². The maximum absolute atomic E-state index is 12.5. The normalized spacial score (nSPS) is 14.0. The van der Waals surface area contributed by atoms with Crippen molar-refractivity contribution in [1.82, 2.24) is 0 Å². The second-order valence-electron chi connectivity index (χ2n) is 5.43. The predicted octanol–water partition coefficient (Wildman–Crippen LogP) is 2.23. The molecule has 0 atom stereocenters. The quantitative estimate of drug-likeness (QED) is 0.803. The highest BCUT2D eigenvalue weighted by Gasteiger charge is 2.24. The lowest BCUT2D eigenvalue weighted by atomic mass is 10.2. The Hall–Kier alpha value is -3.07. The Morgan fingerprint density at radius 3 is 2.31 bits per heavy atom. The first-order chi connectivity index (χ1) is 12.4. The van der Waals surface area contributed by atoms with Gasteiger partial charge in [-0.3, -0.25) is 9.62 Å². The fourth-order valence-corrected chi connectivity index (χ4v) is 3.50. The van der Waals surface area contributed by atoms with Crippen LogP contribution in [0.1, 0.15) is 10.4 Å². The molecular weight excluding hydrogens is 360 g/mol. The van der Waals surface area contributed by atoms with Gasteiger partial charge in [0.25, 0.3) is 10.0 Å². The number of carbonyl (C=O) groups excluding carboxylic acids is 2. The van der Waals surface area contributed by atoms with Crippen LogP contribution >= 0.6 is 0 Å². The van der Waals surface area contributed by atoms with Crippen LogP contribution in [0, 0.1) is 0 Å². The van der Waals surface area contributed by atoms with Crippen LogP contribution in [0.5, 0.6) is 0 Å². The number of carbonyl (C=O) groups is 2. The summed E-state index contributed by atoms with van der Waals surface area (Å²) in [4.78, 5) is 24.4. The van der Waals surface area contributed by atoms with Crippen LogP contribution in [0.25, 0.3) is 0 Å². The van der Waals surface area contributed by atoms with Gasteiger partial charge >= 0.3 is 12.1 Å². The van der Waals surface area contributed by atoms with Crippen molar-refractivity contribution in [2.24, 2.45) is 0 Å². The van der Waals surface area contributed by atoms with Gasteiger partial charge in [-0.05, 0) is 48.5 Å². The Labute approximate surface area is 150 Å². The van der Waals surface area contributed by atoms with Crippen LogP contribution in [0.4, 0.5) is 16.2 Å². The van der Waals surface area contributed by atoms with Crippen molar-refractivity contribution in [1.29, 1.82) is 0 Å². The van der Waals surface area contributed by atoms with Crippen molar-refractivity contribution in [3.63, 3.8) is 0 Å². The maximum Gasteiger partial charge on any atom is 0.414 e. The van der Waals surface area contributed by atoms with Crippen LogP contribution in [0.2, 0.25) is 0 Å². The van der Waals surface area contributed by atoms with Gasteiger partial charge in [-0.1, -0.05) is 0 Å². The molecule has 1 aliphatic rings. The van der Waals surface area contributed by atoms with Crippen molar-refractivity contribution < 1.29 is 27.5 Å². The van der Waals surface area contributed by atoms with Gasteiger partial charge < -0.3 is 9.47 Å². The maximum atomic E-state index is 12.5. The van der Waals surface area contributed by atoms with Crippen LogP contribution in [-0.4, -0.2) is 40.7 Å². The van der Waals surface area contributed by atoms with Crippen molar-refractivity contribution in [3.8, 4) is 0 Å². The van der Waals surface area contributed by atoms with Crippen LogP contribution in [0.3, 0.4) is 0 Å². The molecule has 9 heteroatoms. The van der Waals surface area contributed by atoms with Crippen molar-refractivity contribution in [3.05, 3.63) is 54.1 Å². The summed E-state index contributed by atoms with van der Waals surface area (Å²) in [5.41, 5.74) is 1.19. The molecule has 1 N–H and O–H groups in total. The number of hydrogen-bond acceptors (Lipinski definition) is 6. The highest BCUT2D eigenvalue weighted by atomic mass is 32.2. The molecule has 2 aromatic carbocycles. The molecule has 3 rings (SSSR count). The molecule has 1 amide bonds. The number of anilines is 2. The number of nitrogens with one attached hydrogen (secondary N) is 1. The average Bonchev–Trinajstić information content (AvgIpc) is 3.07. The molecule has 8 nitrogen and oxygen atoms in total. The number of rotatable bonds is 5. The summed E-state index contributed by atoms with van der Waals surface area (Å²) in [5, 5.41) is 0. The Morgan fingerprint density at radius 2 is 1.77 bits per heavy atom. The fourth-order valence-electron chi connectivity index (χ4n) is 2.44. The van der Waals surface area contributed by atoms with E-state index in [9.17, 15) is 18.0 Å². The first-order valence-electron chi connectivity index (χ1n) is 7.66. The molecule has 1 fully saturated rings. The molecule has 0 saturated carbocycles. The standard InChI is InChI=1S/C17H16N2O6S/c1-24-16(20)12-2-4-13(5-3-12)18-26(22,23)15-8-6-14(7-9-15)19-10-11-25-17(19)21/h2-9,18H,10-11H2,1H3. The number of esters is 1. The minimum absolute atomic E-state index is 0.0471. The monoisotopic (exact) mass is 376 g/mol. The molecular formula is C17H16N2O6S. The van der Waals surface area contributed by atoms with Crippen LogP contribution < -0.4 is 9.62 Å². The first-order valence-corrected chi connectivity index (χ1v) is 9.14. The molecule has 1 heterocycles. The number of ether oxygens (including phenoxy) is 2. The van der Waals surface area contributed by atoms with Gasteiger partial charge in [0.2, 0.25) is 0 Å². The largest absolute Gasteiger partial charge is 0.465 e. The minimum Gasteiger partial charge on any atom is -0.465 e. The summed E-state index contributed by atoms with van der Waals surface area (Å²) >= 11 is 0. The van der Waals surface area contributed by atoms with E-state index >= 15 is 0 Å². The third kappa shape index (κ3) is 3.62. The van der Waals surface area contributed by atoms with Gasteiger partial charge in [-0.25, -0.2) is 18.0 Å². The summed E-state index contributed by atoms with van der Waals surface area (Å²) in [5.74, 6) is -0.504. The third-order valence-electron chi connectivity index (χ3n) is 3.78. The Kier molecular flexibility index (Phi) is 4.81. The number of hydrogen-bond donors (Lipinski definition) is 1. The van der Waals surface area contributed by atoms with Crippen molar-refractivity contribution >= 4 is 33.5 Å². The summed E-state index contributed by atoms with van der Waals surface area (Å²) in [6.07, 6.45) is -0.454. The van der Waals surface area contributed by atoms with E-state index in [-0.39, 0.29) is 4.90 Å². The van der Waals surface area contributed by atoms with E-state index < -0.39 is 22.1 Å². The molecule has 0 aliphatic carbocycles. The number of methoxy groups -OCH3 is 1. The van der Waals surface area contributed by atoms with Gasteiger partial charge in [-0.15, -0.1) is 0 Å². The van der Waals surface area contributed by atoms with E-state index in [0.29, 0.717) is 30.1 Å². The van der Waals surface area contributed by atoms with Crippen molar-refractivity contribution in [2.45, 2.75) is 4.90 Å². The zero-order valence-corrected chi connectivity index (χ0v) is 14.7. The summed E-state index contributed by atoms with van der Waals surface area (Å²) < 4.78 is 36.8. The molecule has 0 bridgehead atoms. The fraction of sp³-hybridized carbons (Fsp3) is 0.176. The lowest BCUT2D eigenvalue weighted by Gasteiger charge is -2.13. The zero-order valence-electron chi connectivity index (χ0n) is 13.8. The average molecular weight is 376 g/mol. The molecule has 0 unspecified atom stereocenters. The molecule has 1 aliphatic heterocycles. The summed E-state index contributed by atoms with van der Waals surface area (Å²) in [6, 6.07) is 11.8. The van der Waals surface area contributed by atoms with E-state index in [0.717, 1.165) is 0 Å². The van der Waals surface area contributed by atoms with Crippen molar-refractivity contribution in [2.75, 3.05) is 29.9 Å². The molecule has 2 aromatic rings. The van der Waals surface area contributed by atoms with E-state index in [1.165, 1.54) is 48.4 Å². The topological polar surface area (TPSA) is 102 Å². The summed E-state index contributed by atoms with van der Waals surface area (Å²) in [7, 11) is -2.54. The molecule has 1 saturated heterocycles. The third-order valence-corrected chi connectivity index (χ3v) is 5.17. The van der Waals surface area contributed by atoms with Gasteiger partial charge in [-0.2, -0.15) is 0 Å². The van der Waals surface area contributed by atoms with Gasteiger partial charge in [0.1, 0.15) is 6.61 Å². The van der Waals surface area contributed by atoms with Crippen LogP contribution in [0.15, 0.2) is 53.4 Å². The molecule has 26 heavy (non-hydrogen) atoms. The lowest BCUT2D eigenvalue weighted by molar-refractivity contribution is 0.0600. The molecule has 0 spiro atoms. The van der Waals surface area contributed by atoms with E-state index in [1.54, 1.807) is 12.1 Å². The first kappa shape index (κ1) is 17.7. The van der Waals surface area contributed by atoms with E-state index in [1.807, 2.05) is 0 Å². The van der Waals surface area contributed by atoms with Gasteiger partial charge in [0, 0.05) is 11.4 Å². The Balaban J connectivity index is 1.75. The zero-order chi connectivity index (χ0) is 18.7. The Bertz CT molecular complexity index is 923. The molecule has 136 valence electrons. The molecule has 0 radical (unpaired) electrons. The van der Waals surface area contributed by atoms with Crippen LogP contribution in [-0.2, 0) is 19.5 Å². The second kappa shape index (κ2) is 7.04. The number of cyclic esters (lactones) is 1. The highest BCUT2D eigenvalue weighted by Crippen LogP contribution is 2.22. The highest BCUT2D eigenvalue weighted by molar-refractivity contribution is 7.92.